The Balaban J connectivity index is 2.52. The number of rotatable bonds is 6. The molecule has 30 heavy (non-hydrogen) atoms. The lowest BCUT2D eigenvalue weighted by Crippen LogP contribution is -2.20. The Hall–Kier alpha value is -4.71. The van der Waals surface area contributed by atoms with Crippen LogP contribution in [-0.2, 0) is 9.53 Å². The van der Waals surface area contributed by atoms with Crippen molar-refractivity contribution in [3.05, 3.63) is 62.8 Å². The number of hydrogen-bond donors (Lipinski definition) is 1. The smallest absolute Gasteiger partial charge is 0.341 e. The van der Waals surface area contributed by atoms with Gasteiger partial charge >= 0.3 is 5.97 Å². The molecule has 10 nitrogen and oxygen atoms in total. The number of ether oxygens (including phenoxy) is 2. The van der Waals surface area contributed by atoms with Crippen molar-refractivity contribution >= 4 is 17.7 Å². The number of carboxylic acids is 1. The number of nitriles is 3. The molecule has 0 aliphatic carbocycles. The highest BCUT2D eigenvalue weighted by Crippen LogP contribution is 2.40. The van der Waals surface area contributed by atoms with E-state index in [-0.39, 0.29) is 28.3 Å². The number of benzene rings is 1. The SMILES string of the molecule is CC1(C)OC(=C(C#N)C#N)C(C#N)=C1/C=C/c1ccc(N=[N+]=[N-])c(OCC(=O)O)c1. The summed E-state index contributed by atoms with van der Waals surface area (Å²) in [5.41, 5.74) is 8.57. The third-order valence-electron chi connectivity index (χ3n) is 3.99. The molecule has 0 spiro atoms. The summed E-state index contributed by atoms with van der Waals surface area (Å²) in [4.78, 5) is 13.4. The van der Waals surface area contributed by atoms with Gasteiger partial charge in [-0.15, -0.1) is 0 Å². The first-order chi connectivity index (χ1) is 14.3. The number of carbonyl (C=O) groups is 1. The Morgan fingerprint density at radius 1 is 1.33 bits per heavy atom. The van der Waals surface area contributed by atoms with Crippen LogP contribution >= 0.6 is 0 Å². The first-order valence-corrected chi connectivity index (χ1v) is 8.38. The molecule has 1 aromatic rings. The molecule has 10 heteroatoms. The molecule has 1 N–H and O–H groups in total. The van der Waals surface area contributed by atoms with Crippen LogP contribution in [-0.4, -0.2) is 23.3 Å². The van der Waals surface area contributed by atoms with Crippen molar-refractivity contribution < 1.29 is 19.4 Å². The minimum absolute atomic E-state index is 0.0717. The maximum atomic E-state index is 10.8. The topological polar surface area (TPSA) is 176 Å². The molecule has 0 atom stereocenters. The highest BCUT2D eigenvalue weighted by Gasteiger charge is 2.38. The van der Waals surface area contributed by atoms with Crippen LogP contribution in [0.25, 0.3) is 16.5 Å². The molecule has 0 radical (unpaired) electrons. The minimum atomic E-state index is -1.19. The second-order valence-corrected chi connectivity index (χ2v) is 6.37. The summed E-state index contributed by atoms with van der Waals surface area (Å²) in [6, 6.07) is 9.96. The van der Waals surface area contributed by atoms with E-state index in [1.165, 1.54) is 12.1 Å². The van der Waals surface area contributed by atoms with E-state index >= 15 is 0 Å². The van der Waals surface area contributed by atoms with Crippen LogP contribution in [0.3, 0.4) is 0 Å². The van der Waals surface area contributed by atoms with Crippen LogP contribution in [0.15, 0.2) is 51.9 Å². The molecule has 1 aliphatic rings. The van der Waals surface area contributed by atoms with Crippen LogP contribution < -0.4 is 4.74 Å². The predicted molar refractivity (Wildman–Crippen MR) is 103 cm³/mol. The fourth-order valence-corrected chi connectivity index (χ4v) is 2.68. The Bertz CT molecular complexity index is 1150. The van der Waals surface area contributed by atoms with Gasteiger partial charge in [-0.25, -0.2) is 4.79 Å². The highest BCUT2D eigenvalue weighted by molar-refractivity contribution is 5.70. The average Bonchev–Trinajstić information content (AvgIpc) is 2.96. The molecule has 1 aliphatic heterocycles. The molecule has 0 saturated carbocycles. The van der Waals surface area contributed by atoms with E-state index < -0.39 is 18.2 Å². The van der Waals surface area contributed by atoms with Gasteiger partial charge in [-0.05, 0) is 37.1 Å². The van der Waals surface area contributed by atoms with E-state index in [2.05, 4.69) is 10.0 Å². The van der Waals surface area contributed by atoms with Crippen molar-refractivity contribution in [2.75, 3.05) is 6.61 Å². The van der Waals surface area contributed by atoms with Crippen molar-refractivity contribution in [2.24, 2.45) is 5.11 Å². The zero-order valence-electron chi connectivity index (χ0n) is 15.9. The molecule has 0 aromatic heterocycles. The number of aliphatic carboxylic acids is 1. The zero-order chi connectivity index (χ0) is 22.3. The number of allylic oxidation sites excluding steroid dienone is 2. The lowest BCUT2D eigenvalue weighted by molar-refractivity contribution is -0.139. The van der Waals surface area contributed by atoms with Crippen molar-refractivity contribution in [3.8, 4) is 24.0 Å². The second-order valence-electron chi connectivity index (χ2n) is 6.37. The Morgan fingerprint density at radius 3 is 2.60 bits per heavy atom. The van der Waals surface area contributed by atoms with Gasteiger partial charge in [0.15, 0.2) is 17.9 Å². The summed E-state index contributed by atoms with van der Waals surface area (Å²) in [6.45, 7) is 2.76. The van der Waals surface area contributed by atoms with Crippen LogP contribution in [0.2, 0.25) is 0 Å². The molecule has 0 fully saturated rings. The lowest BCUT2D eigenvalue weighted by Gasteiger charge is -2.20. The molecule has 1 aromatic carbocycles. The molecule has 148 valence electrons. The summed E-state index contributed by atoms with van der Waals surface area (Å²) < 4.78 is 10.8. The van der Waals surface area contributed by atoms with Gasteiger partial charge in [-0.3, -0.25) is 0 Å². The van der Waals surface area contributed by atoms with Crippen molar-refractivity contribution in [1.29, 1.82) is 15.8 Å². The average molecular weight is 402 g/mol. The second kappa shape index (κ2) is 8.99. The molecule has 0 saturated heterocycles. The van der Waals surface area contributed by atoms with Crippen LogP contribution in [0.1, 0.15) is 19.4 Å². The van der Waals surface area contributed by atoms with Gasteiger partial charge in [-0.2, -0.15) is 15.8 Å². The van der Waals surface area contributed by atoms with Crippen LogP contribution in [0.5, 0.6) is 5.75 Å². The highest BCUT2D eigenvalue weighted by atomic mass is 16.5. The van der Waals surface area contributed by atoms with E-state index in [1.807, 2.05) is 6.07 Å². The van der Waals surface area contributed by atoms with Crippen LogP contribution in [0, 0.1) is 34.0 Å². The van der Waals surface area contributed by atoms with Gasteiger partial charge in [0.25, 0.3) is 0 Å². The van der Waals surface area contributed by atoms with Gasteiger partial charge in [0.1, 0.15) is 35.1 Å². The molecule has 0 amide bonds. The number of azide groups is 1. The molecular formula is C20H14N6O4. The molecule has 1 heterocycles. The molecular weight excluding hydrogens is 388 g/mol. The van der Waals surface area contributed by atoms with E-state index in [1.54, 1.807) is 44.2 Å². The number of nitrogens with zero attached hydrogens (tertiary/aromatic N) is 6. The fraction of sp³-hybridized carbons (Fsp3) is 0.200. The van der Waals surface area contributed by atoms with Gasteiger partial charge in [0.2, 0.25) is 0 Å². The van der Waals surface area contributed by atoms with Crippen molar-refractivity contribution in [1.82, 2.24) is 0 Å². The van der Waals surface area contributed by atoms with Crippen molar-refractivity contribution in [2.45, 2.75) is 19.4 Å². The van der Waals surface area contributed by atoms with E-state index in [0.29, 0.717) is 11.1 Å². The monoisotopic (exact) mass is 402 g/mol. The maximum absolute atomic E-state index is 10.8. The minimum Gasteiger partial charge on any atom is -0.481 e. The van der Waals surface area contributed by atoms with E-state index in [0.717, 1.165) is 0 Å². The van der Waals surface area contributed by atoms with Crippen molar-refractivity contribution in [3.63, 3.8) is 0 Å². The van der Waals surface area contributed by atoms with E-state index in [4.69, 9.17) is 30.6 Å². The summed E-state index contributed by atoms with van der Waals surface area (Å²) in [6.07, 6.45) is 3.22. The Morgan fingerprint density at radius 2 is 2.03 bits per heavy atom. The maximum Gasteiger partial charge on any atom is 0.341 e. The van der Waals surface area contributed by atoms with Gasteiger partial charge in [-0.1, -0.05) is 23.3 Å². The lowest BCUT2D eigenvalue weighted by atomic mass is 9.94. The molecule has 0 unspecified atom stereocenters. The zero-order valence-corrected chi connectivity index (χ0v) is 15.9. The van der Waals surface area contributed by atoms with Gasteiger partial charge in [0, 0.05) is 10.5 Å². The van der Waals surface area contributed by atoms with E-state index in [9.17, 15) is 10.1 Å². The van der Waals surface area contributed by atoms with Gasteiger partial charge in [0.05, 0.1) is 5.69 Å². The quantitative estimate of drug-likeness (QED) is 0.323. The Labute approximate surface area is 171 Å². The summed E-state index contributed by atoms with van der Waals surface area (Å²) in [5.74, 6) is -1.19. The number of carboxylic acid groups (broad SMARTS) is 1. The van der Waals surface area contributed by atoms with Crippen LogP contribution in [0.4, 0.5) is 5.69 Å². The normalized spacial score (nSPS) is 14.2. The Kier molecular flexibility index (Phi) is 6.47. The summed E-state index contributed by atoms with van der Waals surface area (Å²) >= 11 is 0. The predicted octanol–water partition coefficient (Wildman–Crippen LogP) is 4.04. The molecule has 2 rings (SSSR count). The first kappa shape index (κ1) is 21.6. The first-order valence-electron chi connectivity index (χ1n) is 8.38. The van der Waals surface area contributed by atoms with Gasteiger partial charge < -0.3 is 14.6 Å². The molecule has 0 bridgehead atoms. The standard InChI is InChI=1S/C20H14N6O4/c1-20(2)15(14(10-23)19(30-20)13(8-21)9-22)5-3-12-4-6-16(25-26-24)17(7-12)29-11-18(27)28/h3-7H,11H2,1-2H3,(H,27,28)/b5-3+. The number of hydrogen-bond acceptors (Lipinski definition) is 7. The largest absolute Gasteiger partial charge is 0.481 e. The third kappa shape index (κ3) is 4.58. The third-order valence-corrected chi connectivity index (χ3v) is 3.99. The summed E-state index contributed by atoms with van der Waals surface area (Å²) in [5, 5.41) is 40.0. The summed E-state index contributed by atoms with van der Waals surface area (Å²) in [7, 11) is 0. The fourth-order valence-electron chi connectivity index (χ4n) is 2.68.